The summed E-state index contributed by atoms with van der Waals surface area (Å²) in [5.74, 6) is 0. The van der Waals surface area contributed by atoms with Crippen LogP contribution in [0.15, 0.2) is 61.2 Å². The molecule has 3 N–H and O–H groups in total. The molecule has 0 radical (unpaired) electrons. The Morgan fingerprint density at radius 3 is 2.80 bits per heavy atom. The van der Waals surface area contributed by atoms with Gasteiger partial charge in [0.2, 0.25) is 0 Å². The third-order valence-electron chi connectivity index (χ3n) is 4.04. The largest absolute Gasteiger partial charge is 0.387 e. The van der Waals surface area contributed by atoms with E-state index in [0.29, 0.717) is 6.54 Å². The lowest BCUT2D eigenvalue weighted by atomic mass is 10.0. The maximum Gasteiger partial charge on any atom is 0.315 e. The lowest BCUT2D eigenvalue weighted by Gasteiger charge is -2.17. The normalized spacial score (nSPS) is 13.4. The molecule has 0 fully saturated rings. The molecule has 6 nitrogen and oxygen atoms in total. The van der Waals surface area contributed by atoms with Gasteiger partial charge in [-0.15, -0.1) is 0 Å². The van der Waals surface area contributed by atoms with Crippen LogP contribution >= 0.6 is 0 Å². The number of carbonyl (C=O) groups is 1. The molecule has 2 aromatic carbocycles. The van der Waals surface area contributed by atoms with Crippen LogP contribution in [-0.4, -0.2) is 33.3 Å². The van der Waals surface area contributed by atoms with E-state index in [-0.39, 0.29) is 18.6 Å². The zero-order valence-corrected chi connectivity index (χ0v) is 14.1. The van der Waals surface area contributed by atoms with Crippen molar-refractivity contribution in [2.24, 2.45) is 0 Å². The van der Waals surface area contributed by atoms with Crippen molar-refractivity contribution >= 4 is 16.8 Å². The van der Waals surface area contributed by atoms with Gasteiger partial charge in [-0.1, -0.05) is 36.4 Å². The molecule has 130 valence electrons. The SMILES string of the molecule is CC(Cn1ccnc1)NC(=O)NCC(O)c1ccc2ccccc2c1. The van der Waals surface area contributed by atoms with E-state index in [2.05, 4.69) is 15.6 Å². The quantitative estimate of drug-likeness (QED) is 0.646. The van der Waals surface area contributed by atoms with Gasteiger partial charge in [-0.05, 0) is 29.3 Å². The van der Waals surface area contributed by atoms with Gasteiger partial charge >= 0.3 is 6.03 Å². The van der Waals surface area contributed by atoms with Gasteiger partial charge in [0.15, 0.2) is 0 Å². The second kappa shape index (κ2) is 7.81. The molecule has 3 aromatic rings. The van der Waals surface area contributed by atoms with E-state index in [0.717, 1.165) is 16.3 Å². The number of nitrogens with one attached hydrogen (secondary N) is 2. The van der Waals surface area contributed by atoms with Crippen molar-refractivity contribution < 1.29 is 9.90 Å². The summed E-state index contributed by atoms with van der Waals surface area (Å²) in [5.41, 5.74) is 0.783. The number of amides is 2. The first-order valence-corrected chi connectivity index (χ1v) is 8.28. The fourth-order valence-electron chi connectivity index (χ4n) is 2.75. The Labute approximate surface area is 146 Å². The Morgan fingerprint density at radius 2 is 2.04 bits per heavy atom. The molecular formula is C19H22N4O2. The number of fused-ring (bicyclic) bond motifs is 1. The van der Waals surface area contributed by atoms with E-state index in [1.807, 2.05) is 60.2 Å². The number of hydrogen-bond donors (Lipinski definition) is 3. The van der Waals surface area contributed by atoms with Gasteiger partial charge in [0.05, 0.1) is 12.4 Å². The molecule has 0 bridgehead atoms. The van der Waals surface area contributed by atoms with Crippen molar-refractivity contribution in [2.45, 2.75) is 25.6 Å². The number of hydrogen-bond acceptors (Lipinski definition) is 3. The molecule has 0 aliphatic carbocycles. The van der Waals surface area contributed by atoms with Gasteiger partial charge < -0.3 is 20.3 Å². The van der Waals surface area contributed by atoms with E-state index >= 15 is 0 Å². The molecule has 6 heteroatoms. The Hall–Kier alpha value is -2.86. The van der Waals surface area contributed by atoms with Crippen molar-refractivity contribution in [2.75, 3.05) is 6.54 Å². The summed E-state index contributed by atoms with van der Waals surface area (Å²) in [6.07, 6.45) is 4.51. The minimum absolute atomic E-state index is 0.0491. The van der Waals surface area contributed by atoms with Crippen LogP contribution in [0.25, 0.3) is 10.8 Å². The van der Waals surface area contributed by atoms with Crippen LogP contribution in [0.2, 0.25) is 0 Å². The average Bonchev–Trinajstić information content (AvgIpc) is 3.12. The molecule has 25 heavy (non-hydrogen) atoms. The Kier molecular flexibility index (Phi) is 5.30. The molecule has 1 heterocycles. The van der Waals surface area contributed by atoms with E-state index in [9.17, 15) is 9.90 Å². The third kappa shape index (κ3) is 4.58. The highest BCUT2D eigenvalue weighted by Gasteiger charge is 2.12. The predicted octanol–water partition coefficient (Wildman–Crippen LogP) is 2.46. The van der Waals surface area contributed by atoms with Gasteiger partial charge in [-0.2, -0.15) is 0 Å². The van der Waals surface area contributed by atoms with Crippen LogP contribution in [0.1, 0.15) is 18.6 Å². The summed E-state index contributed by atoms with van der Waals surface area (Å²) in [4.78, 5) is 15.9. The Balaban J connectivity index is 1.50. The van der Waals surface area contributed by atoms with E-state index < -0.39 is 6.10 Å². The van der Waals surface area contributed by atoms with E-state index in [1.54, 1.807) is 12.5 Å². The first-order chi connectivity index (χ1) is 12.1. The number of aliphatic hydroxyl groups is 1. The van der Waals surface area contributed by atoms with Crippen molar-refractivity contribution in [3.63, 3.8) is 0 Å². The summed E-state index contributed by atoms with van der Waals surface area (Å²) in [6, 6.07) is 13.4. The van der Waals surface area contributed by atoms with Crippen molar-refractivity contribution in [1.82, 2.24) is 20.2 Å². The highest BCUT2D eigenvalue weighted by Crippen LogP contribution is 2.20. The number of rotatable bonds is 6. The zero-order chi connectivity index (χ0) is 17.6. The van der Waals surface area contributed by atoms with Crippen molar-refractivity contribution in [3.8, 4) is 0 Å². The summed E-state index contributed by atoms with van der Waals surface area (Å²) in [5, 5.41) is 18.1. The molecule has 2 amide bonds. The number of aliphatic hydroxyl groups excluding tert-OH is 1. The maximum atomic E-state index is 12.0. The smallest absolute Gasteiger partial charge is 0.315 e. The lowest BCUT2D eigenvalue weighted by molar-refractivity contribution is 0.172. The number of aromatic nitrogens is 2. The summed E-state index contributed by atoms with van der Waals surface area (Å²) < 4.78 is 1.90. The molecule has 0 aliphatic heterocycles. The molecular weight excluding hydrogens is 316 g/mol. The van der Waals surface area contributed by atoms with Gasteiger partial charge in [-0.25, -0.2) is 9.78 Å². The maximum absolute atomic E-state index is 12.0. The number of urea groups is 1. The molecule has 2 unspecified atom stereocenters. The van der Waals surface area contributed by atoms with Crippen LogP contribution in [0, 0.1) is 0 Å². The predicted molar refractivity (Wildman–Crippen MR) is 97.1 cm³/mol. The minimum Gasteiger partial charge on any atom is -0.387 e. The van der Waals surface area contributed by atoms with Gasteiger partial charge in [0.25, 0.3) is 0 Å². The summed E-state index contributed by atoms with van der Waals surface area (Å²) in [7, 11) is 0. The molecule has 0 saturated heterocycles. The second-order valence-corrected chi connectivity index (χ2v) is 6.14. The lowest BCUT2D eigenvalue weighted by Crippen LogP contribution is -2.43. The van der Waals surface area contributed by atoms with Gasteiger partial charge in [0, 0.05) is 31.5 Å². The molecule has 1 aromatic heterocycles. The number of carbonyl (C=O) groups excluding carboxylic acids is 1. The van der Waals surface area contributed by atoms with E-state index in [1.165, 1.54) is 0 Å². The van der Waals surface area contributed by atoms with Crippen molar-refractivity contribution in [1.29, 1.82) is 0 Å². The Bertz CT molecular complexity index is 832. The Morgan fingerprint density at radius 1 is 1.24 bits per heavy atom. The number of imidazole rings is 1. The van der Waals surface area contributed by atoms with Gasteiger partial charge in [0.1, 0.15) is 0 Å². The standard InChI is InChI=1S/C19H22N4O2/c1-14(12-23-9-8-20-13-23)22-19(25)21-11-18(24)17-7-6-15-4-2-3-5-16(15)10-17/h2-10,13-14,18,24H,11-12H2,1H3,(H2,21,22,25). The molecule has 2 atom stereocenters. The highest BCUT2D eigenvalue weighted by molar-refractivity contribution is 5.83. The monoisotopic (exact) mass is 338 g/mol. The number of benzene rings is 2. The van der Waals surface area contributed by atoms with E-state index in [4.69, 9.17) is 0 Å². The molecule has 0 spiro atoms. The molecule has 0 aliphatic rings. The fraction of sp³-hybridized carbons (Fsp3) is 0.263. The highest BCUT2D eigenvalue weighted by atomic mass is 16.3. The van der Waals surface area contributed by atoms with Crippen LogP contribution in [-0.2, 0) is 6.54 Å². The first kappa shape index (κ1) is 17.0. The average molecular weight is 338 g/mol. The fourth-order valence-corrected chi connectivity index (χ4v) is 2.75. The van der Waals surface area contributed by atoms with Crippen LogP contribution in [0.3, 0.4) is 0 Å². The first-order valence-electron chi connectivity index (χ1n) is 8.28. The molecule has 0 saturated carbocycles. The van der Waals surface area contributed by atoms with Crippen LogP contribution in [0.5, 0.6) is 0 Å². The van der Waals surface area contributed by atoms with Crippen LogP contribution < -0.4 is 10.6 Å². The molecule has 3 rings (SSSR count). The van der Waals surface area contributed by atoms with Crippen LogP contribution in [0.4, 0.5) is 4.79 Å². The second-order valence-electron chi connectivity index (χ2n) is 6.14. The summed E-state index contributed by atoms with van der Waals surface area (Å²) >= 11 is 0. The minimum atomic E-state index is -0.751. The summed E-state index contributed by atoms with van der Waals surface area (Å²) in [6.45, 7) is 2.71. The number of nitrogens with zero attached hydrogens (tertiary/aromatic N) is 2. The third-order valence-corrected chi connectivity index (χ3v) is 4.04. The topological polar surface area (TPSA) is 79.2 Å². The zero-order valence-electron chi connectivity index (χ0n) is 14.1. The van der Waals surface area contributed by atoms with Crippen molar-refractivity contribution in [3.05, 3.63) is 66.7 Å². The van der Waals surface area contributed by atoms with Gasteiger partial charge in [-0.3, -0.25) is 0 Å².